The van der Waals surface area contributed by atoms with Crippen molar-refractivity contribution in [2.75, 3.05) is 26.7 Å². The molecular weight excluding hydrogens is 400 g/mol. The zero-order valence-corrected chi connectivity index (χ0v) is 19.4. The molecule has 4 fully saturated rings. The van der Waals surface area contributed by atoms with Gasteiger partial charge in [0.05, 0.1) is 12.8 Å². The Labute approximate surface area is 191 Å². The van der Waals surface area contributed by atoms with E-state index >= 15 is 0 Å². The maximum absolute atomic E-state index is 12.6. The van der Waals surface area contributed by atoms with Gasteiger partial charge in [0.2, 0.25) is 5.91 Å². The summed E-state index contributed by atoms with van der Waals surface area (Å²) in [5.41, 5.74) is 3.48. The van der Waals surface area contributed by atoms with Crippen molar-refractivity contribution in [2.24, 2.45) is 18.9 Å². The number of rotatable bonds is 6. The number of carbonyl (C=O) groups excluding carboxylic acids is 1. The van der Waals surface area contributed by atoms with Crippen LogP contribution in [-0.2, 0) is 11.8 Å². The molecule has 1 aliphatic carbocycles. The average Bonchev–Trinajstić information content (AvgIpc) is 3.24. The van der Waals surface area contributed by atoms with Gasteiger partial charge in [-0.25, -0.2) is 0 Å². The van der Waals surface area contributed by atoms with Gasteiger partial charge in [0, 0.05) is 49.3 Å². The second kappa shape index (κ2) is 9.26. The maximum atomic E-state index is 12.6. The summed E-state index contributed by atoms with van der Waals surface area (Å²) in [6, 6.07) is 10.9. The Morgan fingerprint density at radius 3 is 2.62 bits per heavy atom. The Morgan fingerprint density at radius 2 is 1.94 bits per heavy atom. The van der Waals surface area contributed by atoms with Gasteiger partial charge in [-0.1, -0.05) is 19.3 Å². The summed E-state index contributed by atoms with van der Waals surface area (Å²) in [5, 5.41) is 8.13. The first-order valence-electron chi connectivity index (χ1n) is 12.3. The number of carbonyl (C=O) groups is 1. The molecule has 1 N–H and O–H groups in total. The predicted molar refractivity (Wildman–Crippen MR) is 126 cm³/mol. The van der Waals surface area contributed by atoms with Crippen LogP contribution in [0.15, 0.2) is 30.3 Å². The second-order valence-corrected chi connectivity index (χ2v) is 9.93. The summed E-state index contributed by atoms with van der Waals surface area (Å²) in [7, 11) is 3.76. The Balaban J connectivity index is 1.23. The van der Waals surface area contributed by atoms with Crippen molar-refractivity contribution in [1.82, 2.24) is 20.0 Å². The fourth-order valence-electron chi connectivity index (χ4n) is 6.14. The summed E-state index contributed by atoms with van der Waals surface area (Å²) < 4.78 is 7.36. The molecule has 32 heavy (non-hydrogen) atoms. The molecule has 2 aromatic rings. The van der Waals surface area contributed by atoms with E-state index in [1.54, 1.807) is 7.11 Å². The number of aromatic nitrogens is 2. The van der Waals surface area contributed by atoms with Gasteiger partial charge in [0.15, 0.2) is 0 Å². The van der Waals surface area contributed by atoms with E-state index in [2.05, 4.69) is 40.1 Å². The summed E-state index contributed by atoms with van der Waals surface area (Å²) in [5.74, 6) is 2.58. The molecule has 3 aliphatic heterocycles. The molecule has 1 aromatic carbocycles. The summed E-state index contributed by atoms with van der Waals surface area (Å²) >= 11 is 0. The first-order chi connectivity index (χ1) is 15.6. The molecule has 0 spiro atoms. The molecule has 4 heterocycles. The van der Waals surface area contributed by atoms with Gasteiger partial charge in [0.1, 0.15) is 5.75 Å². The van der Waals surface area contributed by atoms with Gasteiger partial charge in [-0.05, 0) is 68.5 Å². The molecule has 6 nitrogen and oxygen atoms in total. The zero-order chi connectivity index (χ0) is 22.1. The van der Waals surface area contributed by atoms with Gasteiger partial charge in [-0.2, -0.15) is 5.10 Å². The monoisotopic (exact) mass is 436 g/mol. The van der Waals surface area contributed by atoms with Crippen molar-refractivity contribution in [3.8, 4) is 17.0 Å². The van der Waals surface area contributed by atoms with Crippen LogP contribution in [0.5, 0.6) is 5.75 Å². The number of methoxy groups -OCH3 is 1. The smallest absolute Gasteiger partial charge is 0.223 e. The lowest BCUT2D eigenvalue weighted by Crippen LogP contribution is -2.56. The van der Waals surface area contributed by atoms with Crippen LogP contribution in [0.3, 0.4) is 0 Å². The third-order valence-electron chi connectivity index (χ3n) is 8.05. The minimum Gasteiger partial charge on any atom is -0.497 e. The Hall–Kier alpha value is -2.34. The molecule has 1 aromatic heterocycles. The fraction of sp³-hybridized carbons (Fsp3) is 0.615. The SMILES string of the molecule is COc1ccc(-c2cc([C@@H]3CN4CC[C@H]3C[C@@H]4CNC(=O)C3CCCCC3)n(C)n2)cc1. The number of nitrogens with one attached hydrogen (secondary N) is 1. The molecule has 4 aliphatic rings. The molecule has 3 saturated heterocycles. The number of benzene rings is 1. The Morgan fingerprint density at radius 1 is 1.16 bits per heavy atom. The highest BCUT2D eigenvalue weighted by molar-refractivity contribution is 5.78. The molecule has 2 bridgehead atoms. The van der Waals surface area contributed by atoms with Crippen LogP contribution in [0, 0.1) is 11.8 Å². The largest absolute Gasteiger partial charge is 0.497 e. The highest BCUT2D eigenvalue weighted by atomic mass is 16.5. The van der Waals surface area contributed by atoms with E-state index < -0.39 is 0 Å². The van der Waals surface area contributed by atoms with Crippen LogP contribution in [0.1, 0.15) is 56.6 Å². The van der Waals surface area contributed by atoms with E-state index in [0.29, 0.717) is 23.8 Å². The van der Waals surface area contributed by atoms with Gasteiger partial charge in [-0.3, -0.25) is 14.4 Å². The number of hydrogen-bond donors (Lipinski definition) is 1. The number of fused-ring (bicyclic) bond motifs is 3. The molecule has 6 heteroatoms. The molecule has 1 amide bonds. The van der Waals surface area contributed by atoms with Crippen molar-refractivity contribution in [3.63, 3.8) is 0 Å². The van der Waals surface area contributed by atoms with Crippen LogP contribution in [-0.4, -0.2) is 53.4 Å². The lowest BCUT2D eigenvalue weighted by molar-refractivity contribution is -0.126. The maximum Gasteiger partial charge on any atom is 0.223 e. The van der Waals surface area contributed by atoms with E-state index in [1.807, 2.05) is 12.1 Å². The van der Waals surface area contributed by atoms with Crippen molar-refractivity contribution >= 4 is 5.91 Å². The molecule has 4 atom stereocenters. The first kappa shape index (κ1) is 21.5. The quantitative estimate of drug-likeness (QED) is 0.744. The number of nitrogens with zero attached hydrogens (tertiary/aromatic N) is 3. The standard InChI is InChI=1S/C26H36N4O2/c1-29-25(15-24(28-29)18-8-10-22(32-2)11-9-18)23-17-30-13-12-20(23)14-21(30)16-27-26(31)19-6-4-3-5-7-19/h8-11,15,19-21,23H,3-7,12-14,16-17H2,1-2H3,(H,27,31)/t20-,21+,23+/m0/s1. The fourth-order valence-corrected chi connectivity index (χ4v) is 6.14. The summed E-state index contributed by atoms with van der Waals surface area (Å²) in [4.78, 5) is 15.2. The van der Waals surface area contributed by atoms with E-state index in [0.717, 1.165) is 49.5 Å². The molecular formula is C26H36N4O2. The summed E-state index contributed by atoms with van der Waals surface area (Å²) in [6.07, 6.45) is 8.25. The van der Waals surface area contributed by atoms with Crippen LogP contribution >= 0.6 is 0 Å². The lowest BCUT2D eigenvalue weighted by atomic mass is 9.74. The lowest BCUT2D eigenvalue weighted by Gasteiger charge is -2.50. The molecule has 172 valence electrons. The number of amides is 1. The molecule has 0 radical (unpaired) electrons. The van der Waals surface area contributed by atoms with Crippen LogP contribution < -0.4 is 10.1 Å². The highest BCUT2D eigenvalue weighted by Gasteiger charge is 2.42. The number of ether oxygens (including phenoxy) is 1. The van der Waals surface area contributed by atoms with Crippen molar-refractivity contribution < 1.29 is 9.53 Å². The van der Waals surface area contributed by atoms with Gasteiger partial charge >= 0.3 is 0 Å². The second-order valence-electron chi connectivity index (χ2n) is 9.93. The van der Waals surface area contributed by atoms with Crippen molar-refractivity contribution in [1.29, 1.82) is 0 Å². The number of hydrogen-bond acceptors (Lipinski definition) is 4. The van der Waals surface area contributed by atoms with Gasteiger partial charge in [0.25, 0.3) is 0 Å². The summed E-state index contributed by atoms with van der Waals surface area (Å²) in [6.45, 7) is 3.02. The third kappa shape index (κ3) is 4.29. The molecule has 1 saturated carbocycles. The van der Waals surface area contributed by atoms with Crippen LogP contribution in [0.2, 0.25) is 0 Å². The number of aryl methyl sites for hydroxylation is 1. The minimum atomic E-state index is 0.248. The Bertz CT molecular complexity index is 932. The van der Waals surface area contributed by atoms with Gasteiger partial charge < -0.3 is 10.1 Å². The van der Waals surface area contributed by atoms with Crippen molar-refractivity contribution in [2.45, 2.75) is 56.9 Å². The average molecular weight is 437 g/mol. The Kier molecular flexibility index (Phi) is 6.22. The first-order valence-corrected chi connectivity index (χ1v) is 12.3. The normalized spacial score (nSPS) is 27.9. The van der Waals surface area contributed by atoms with Gasteiger partial charge in [-0.15, -0.1) is 0 Å². The third-order valence-corrected chi connectivity index (χ3v) is 8.05. The highest BCUT2D eigenvalue weighted by Crippen LogP contribution is 2.42. The van der Waals surface area contributed by atoms with Crippen LogP contribution in [0.25, 0.3) is 11.3 Å². The van der Waals surface area contributed by atoms with E-state index in [1.165, 1.54) is 37.8 Å². The minimum absolute atomic E-state index is 0.248. The molecule has 6 rings (SSSR count). The molecule has 1 unspecified atom stereocenters. The predicted octanol–water partition coefficient (Wildman–Crippen LogP) is 3.97. The van der Waals surface area contributed by atoms with Crippen molar-refractivity contribution in [3.05, 3.63) is 36.0 Å². The van der Waals surface area contributed by atoms with E-state index in [9.17, 15) is 4.79 Å². The number of piperidine rings is 3. The van der Waals surface area contributed by atoms with Crippen LogP contribution in [0.4, 0.5) is 0 Å². The van der Waals surface area contributed by atoms with E-state index in [4.69, 9.17) is 9.84 Å². The van der Waals surface area contributed by atoms with E-state index in [-0.39, 0.29) is 5.92 Å². The zero-order valence-electron chi connectivity index (χ0n) is 19.4. The topological polar surface area (TPSA) is 59.4 Å².